The van der Waals surface area contributed by atoms with Gasteiger partial charge in [0.05, 0.1) is 11.2 Å². The first-order valence-corrected chi connectivity index (χ1v) is 6.14. The standard InChI is InChI=1S/C13H19N3O2/c1-9-6-11(14)10(7-15-9)12(17)16-8-13(2)4-3-5-18-13/h6-7H,3-5,8H2,1-2H3,(H2,14,15)(H,16,17). The summed E-state index contributed by atoms with van der Waals surface area (Å²) in [6.07, 6.45) is 3.52. The summed E-state index contributed by atoms with van der Waals surface area (Å²) in [6.45, 7) is 5.11. The van der Waals surface area contributed by atoms with E-state index in [0.717, 1.165) is 25.1 Å². The first kappa shape index (κ1) is 12.8. The Hall–Kier alpha value is -1.62. The van der Waals surface area contributed by atoms with Crippen LogP contribution in [0.1, 0.15) is 35.8 Å². The second-order valence-electron chi connectivity index (χ2n) is 5.00. The predicted octanol–water partition coefficient (Wildman–Crippen LogP) is 1.27. The molecule has 1 aromatic heterocycles. The summed E-state index contributed by atoms with van der Waals surface area (Å²) in [7, 11) is 0. The highest BCUT2D eigenvalue weighted by Crippen LogP contribution is 2.24. The molecule has 1 aromatic rings. The second kappa shape index (κ2) is 4.94. The van der Waals surface area contributed by atoms with E-state index < -0.39 is 0 Å². The lowest BCUT2D eigenvalue weighted by Gasteiger charge is -2.23. The molecule has 5 nitrogen and oxygen atoms in total. The molecule has 1 fully saturated rings. The average Bonchev–Trinajstić information content (AvgIpc) is 2.74. The Labute approximate surface area is 107 Å². The number of carbonyl (C=O) groups excluding carboxylic acids is 1. The third-order valence-corrected chi connectivity index (χ3v) is 3.24. The Morgan fingerprint density at radius 3 is 3.06 bits per heavy atom. The van der Waals surface area contributed by atoms with Gasteiger partial charge >= 0.3 is 0 Å². The molecule has 1 atom stereocenters. The fraction of sp³-hybridized carbons (Fsp3) is 0.538. The van der Waals surface area contributed by atoms with Gasteiger partial charge in [-0.1, -0.05) is 0 Å². The fourth-order valence-corrected chi connectivity index (χ4v) is 2.11. The molecule has 5 heteroatoms. The molecule has 1 amide bonds. The molecule has 0 spiro atoms. The van der Waals surface area contributed by atoms with Crippen LogP contribution in [0, 0.1) is 6.92 Å². The molecule has 3 N–H and O–H groups in total. The number of amides is 1. The molecule has 0 aromatic carbocycles. The summed E-state index contributed by atoms with van der Waals surface area (Å²) in [5, 5.41) is 2.86. The van der Waals surface area contributed by atoms with Crippen LogP contribution in [0.3, 0.4) is 0 Å². The molecular formula is C13H19N3O2. The van der Waals surface area contributed by atoms with Gasteiger partial charge in [-0.15, -0.1) is 0 Å². The third-order valence-electron chi connectivity index (χ3n) is 3.24. The third kappa shape index (κ3) is 2.79. The van der Waals surface area contributed by atoms with Crippen LogP contribution in [-0.2, 0) is 4.74 Å². The zero-order valence-corrected chi connectivity index (χ0v) is 10.8. The van der Waals surface area contributed by atoms with Gasteiger partial charge < -0.3 is 15.8 Å². The minimum absolute atomic E-state index is 0.197. The number of carbonyl (C=O) groups is 1. The molecule has 98 valence electrons. The van der Waals surface area contributed by atoms with Gasteiger partial charge in [0.15, 0.2) is 0 Å². The number of hydrogen-bond donors (Lipinski definition) is 2. The summed E-state index contributed by atoms with van der Waals surface area (Å²) >= 11 is 0. The highest BCUT2D eigenvalue weighted by molar-refractivity contribution is 5.98. The topological polar surface area (TPSA) is 77.2 Å². The van der Waals surface area contributed by atoms with E-state index in [4.69, 9.17) is 10.5 Å². The SMILES string of the molecule is Cc1cc(N)c(C(=O)NCC2(C)CCCO2)cn1. The van der Waals surface area contributed by atoms with Crippen LogP contribution in [0.5, 0.6) is 0 Å². The zero-order valence-electron chi connectivity index (χ0n) is 10.8. The van der Waals surface area contributed by atoms with Gasteiger partial charge in [-0.05, 0) is 32.8 Å². The van der Waals surface area contributed by atoms with Crippen molar-refractivity contribution < 1.29 is 9.53 Å². The maximum Gasteiger partial charge on any atom is 0.255 e. The van der Waals surface area contributed by atoms with Gasteiger partial charge in [0, 0.05) is 30.7 Å². The van der Waals surface area contributed by atoms with E-state index in [1.165, 1.54) is 6.20 Å². The lowest BCUT2D eigenvalue weighted by molar-refractivity contribution is 0.0206. The van der Waals surface area contributed by atoms with E-state index >= 15 is 0 Å². The fourth-order valence-electron chi connectivity index (χ4n) is 2.11. The molecular weight excluding hydrogens is 230 g/mol. The minimum atomic E-state index is -0.247. The molecule has 0 bridgehead atoms. The zero-order chi connectivity index (χ0) is 13.2. The van der Waals surface area contributed by atoms with E-state index in [1.54, 1.807) is 6.07 Å². The molecule has 0 aliphatic carbocycles. The number of pyridine rings is 1. The molecule has 1 aliphatic rings. The smallest absolute Gasteiger partial charge is 0.255 e. The largest absolute Gasteiger partial charge is 0.398 e. The number of aryl methyl sites for hydroxylation is 1. The van der Waals surface area contributed by atoms with Gasteiger partial charge in [-0.2, -0.15) is 0 Å². The maximum absolute atomic E-state index is 12.0. The number of nitrogens with two attached hydrogens (primary N) is 1. The van der Waals surface area contributed by atoms with Crippen LogP contribution in [0.2, 0.25) is 0 Å². The number of nitrogen functional groups attached to an aromatic ring is 1. The molecule has 1 aliphatic heterocycles. The number of ether oxygens (including phenoxy) is 1. The number of anilines is 1. The molecule has 18 heavy (non-hydrogen) atoms. The lowest BCUT2D eigenvalue weighted by Crippen LogP contribution is -2.40. The van der Waals surface area contributed by atoms with Crippen molar-refractivity contribution in [1.82, 2.24) is 10.3 Å². The first-order valence-electron chi connectivity index (χ1n) is 6.14. The normalized spacial score (nSPS) is 23.0. The van der Waals surface area contributed by atoms with Crippen LogP contribution in [-0.4, -0.2) is 29.6 Å². The summed E-state index contributed by atoms with van der Waals surface area (Å²) in [6, 6.07) is 1.70. The maximum atomic E-state index is 12.0. The van der Waals surface area contributed by atoms with Crippen molar-refractivity contribution in [3.8, 4) is 0 Å². The Bertz CT molecular complexity index is 454. The van der Waals surface area contributed by atoms with Gasteiger partial charge in [0.2, 0.25) is 0 Å². The highest BCUT2D eigenvalue weighted by Gasteiger charge is 2.30. The summed E-state index contributed by atoms with van der Waals surface area (Å²) < 4.78 is 5.61. The van der Waals surface area contributed by atoms with Gasteiger partial charge in [-0.25, -0.2) is 0 Å². The van der Waals surface area contributed by atoms with Crippen molar-refractivity contribution in [2.24, 2.45) is 0 Å². The van der Waals surface area contributed by atoms with Crippen molar-refractivity contribution in [1.29, 1.82) is 0 Å². The van der Waals surface area contributed by atoms with Gasteiger partial charge in [0.1, 0.15) is 0 Å². The van der Waals surface area contributed by atoms with Gasteiger partial charge in [-0.3, -0.25) is 9.78 Å². The van der Waals surface area contributed by atoms with E-state index in [1.807, 2.05) is 13.8 Å². The highest BCUT2D eigenvalue weighted by atomic mass is 16.5. The van der Waals surface area contributed by atoms with Crippen molar-refractivity contribution in [3.63, 3.8) is 0 Å². The lowest BCUT2D eigenvalue weighted by atomic mass is 10.0. The number of aromatic nitrogens is 1. The van der Waals surface area contributed by atoms with E-state index in [9.17, 15) is 4.79 Å². The number of rotatable bonds is 3. The van der Waals surface area contributed by atoms with E-state index in [2.05, 4.69) is 10.3 Å². The first-order chi connectivity index (χ1) is 8.50. The summed E-state index contributed by atoms with van der Waals surface area (Å²) in [4.78, 5) is 16.1. The van der Waals surface area contributed by atoms with Crippen LogP contribution in [0.4, 0.5) is 5.69 Å². The number of hydrogen-bond acceptors (Lipinski definition) is 4. The van der Waals surface area contributed by atoms with E-state index in [-0.39, 0.29) is 11.5 Å². The summed E-state index contributed by atoms with van der Waals surface area (Å²) in [5.74, 6) is -0.197. The van der Waals surface area contributed by atoms with Crippen molar-refractivity contribution in [2.75, 3.05) is 18.9 Å². The molecule has 1 saturated heterocycles. The van der Waals surface area contributed by atoms with Gasteiger partial charge in [0.25, 0.3) is 5.91 Å². The Kier molecular flexibility index (Phi) is 3.52. The number of nitrogens with one attached hydrogen (secondary N) is 1. The average molecular weight is 249 g/mol. The molecule has 0 radical (unpaired) electrons. The summed E-state index contributed by atoms with van der Waals surface area (Å²) in [5.41, 5.74) is 7.24. The van der Waals surface area contributed by atoms with Crippen molar-refractivity contribution in [2.45, 2.75) is 32.3 Å². The number of nitrogens with zero attached hydrogens (tertiary/aromatic N) is 1. The van der Waals surface area contributed by atoms with Crippen LogP contribution >= 0.6 is 0 Å². The van der Waals surface area contributed by atoms with E-state index in [0.29, 0.717) is 17.8 Å². The van der Waals surface area contributed by atoms with Crippen molar-refractivity contribution in [3.05, 3.63) is 23.5 Å². The molecule has 0 saturated carbocycles. The Morgan fingerprint density at radius 2 is 2.44 bits per heavy atom. The quantitative estimate of drug-likeness (QED) is 0.845. The van der Waals surface area contributed by atoms with Crippen LogP contribution in [0.15, 0.2) is 12.3 Å². The Balaban J connectivity index is 1.99. The van der Waals surface area contributed by atoms with Crippen molar-refractivity contribution >= 4 is 11.6 Å². The van der Waals surface area contributed by atoms with Crippen LogP contribution < -0.4 is 11.1 Å². The molecule has 1 unspecified atom stereocenters. The second-order valence-corrected chi connectivity index (χ2v) is 5.00. The van der Waals surface area contributed by atoms with Crippen LogP contribution in [0.25, 0.3) is 0 Å². The monoisotopic (exact) mass is 249 g/mol. The predicted molar refractivity (Wildman–Crippen MR) is 69.3 cm³/mol. The molecule has 2 heterocycles. The molecule has 2 rings (SSSR count). The Morgan fingerprint density at radius 1 is 1.67 bits per heavy atom. The minimum Gasteiger partial charge on any atom is -0.398 e.